The Labute approximate surface area is 101 Å². The van der Waals surface area contributed by atoms with Crippen molar-refractivity contribution in [2.45, 2.75) is 50.5 Å². The highest BCUT2D eigenvalue weighted by atomic mass is 32.2. The van der Waals surface area contributed by atoms with Gasteiger partial charge < -0.3 is 10.3 Å². The first-order valence-corrected chi connectivity index (χ1v) is 6.71. The average Bonchev–Trinajstić information content (AvgIpc) is 2.74. The topological polar surface area (TPSA) is 64.9 Å². The summed E-state index contributed by atoms with van der Waals surface area (Å²) in [6.45, 7) is 8.98. The molecule has 1 aromatic rings. The molecule has 1 aromatic heterocycles. The van der Waals surface area contributed by atoms with Crippen LogP contribution in [0, 0.1) is 0 Å². The van der Waals surface area contributed by atoms with Crippen molar-refractivity contribution in [3.05, 3.63) is 11.7 Å². The van der Waals surface area contributed by atoms with Gasteiger partial charge in [0, 0.05) is 6.54 Å². The van der Waals surface area contributed by atoms with Gasteiger partial charge in [0.1, 0.15) is 0 Å². The number of thioether (sulfide) groups is 1. The molecule has 0 saturated heterocycles. The van der Waals surface area contributed by atoms with Crippen molar-refractivity contribution >= 4 is 11.8 Å². The van der Waals surface area contributed by atoms with Crippen LogP contribution in [0.15, 0.2) is 4.52 Å². The number of nitrogens with zero attached hydrogens (tertiary/aromatic N) is 2. The predicted molar refractivity (Wildman–Crippen MR) is 67.4 cm³/mol. The lowest BCUT2D eigenvalue weighted by molar-refractivity contribution is 0.289. The lowest BCUT2D eigenvalue weighted by atomic mass is 9.88. The van der Waals surface area contributed by atoms with Gasteiger partial charge in [0.2, 0.25) is 5.89 Å². The summed E-state index contributed by atoms with van der Waals surface area (Å²) in [5.41, 5.74) is 5.56. The summed E-state index contributed by atoms with van der Waals surface area (Å²) in [7, 11) is 0. The Balaban J connectivity index is 2.70. The first kappa shape index (κ1) is 13.5. The summed E-state index contributed by atoms with van der Waals surface area (Å²) in [4.78, 5) is 4.42. The van der Waals surface area contributed by atoms with Crippen LogP contribution in [-0.2, 0) is 11.2 Å². The molecule has 16 heavy (non-hydrogen) atoms. The second-order valence-corrected chi connectivity index (χ2v) is 6.06. The van der Waals surface area contributed by atoms with Crippen LogP contribution in [-0.4, -0.2) is 21.9 Å². The van der Waals surface area contributed by atoms with Gasteiger partial charge in [-0.25, -0.2) is 0 Å². The van der Waals surface area contributed by atoms with E-state index < -0.39 is 0 Å². The molecule has 0 saturated carbocycles. The minimum Gasteiger partial charge on any atom is -0.339 e. The summed E-state index contributed by atoms with van der Waals surface area (Å²) in [5, 5.41) is 4.57. The zero-order valence-corrected chi connectivity index (χ0v) is 11.3. The fourth-order valence-electron chi connectivity index (χ4n) is 1.18. The third-order valence-electron chi connectivity index (χ3n) is 2.76. The Morgan fingerprint density at radius 1 is 1.50 bits per heavy atom. The average molecular weight is 243 g/mol. The van der Waals surface area contributed by atoms with Gasteiger partial charge in [-0.05, 0) is 18.6 Å². The normalized spacial score (nSPS) is 15.4. The molecule has 0 aliphatic heterocycles. The molecule has 1 rings (SSSR count). The summed E-state index contributed by atoms with van der Waals surface area (Å²) in [5.74, 6) is 2.23. The van der Waals surface area contributed by atoms with Gasteiger partial charge in [0.05, 0.1) is 11.2 Å². The molecule has 0 fully saturated rings. The highest BCUT2D eigenvalue weighted by Gasteiger charge is 2.29. The molecule has 1 heterocycles. The van der Waals surface area contributed by atoms with Crippen LogP contribution in [0.5, 0.6) is 0 Å². The molecule has 0 amide bonds. The van der Waals surface area contributed by atoms with Crippen molar-refractivity contribution in [3.63, 3.8) is 0 Å². The first-order valence-electron chi connectivity index (χ1n) is 5.66. The van der Waals surface area contributed by atoms with E-state index in [0.717, 1.165) is 18.0 Å². The second-order valence-electron chi connectivity index (χ2n) is 4.49. The molecule has 0 aliphatic rings. The van der Waals surface area contributed by atoms with Gasteiger partial charge >= 0.3 is 0 Å². The van der Waals surface area contributed by atoms with Crippen LogP contribution in [0.1, 0.15) is 45.8 Å². The number of aromatic nitrogens is 2. The third kappa shape index (κ3) is 3.22. The van der Waals surface area contributed by atoms with Gasteiger partial charge in [-0.15, -0.1) is 0 Å². The summed E-state index contributed by atoms with van der Waals surface area (Å²) in [6.07, 6.45) is 0.905. The lowest BCUT2D eigenvalue weighted by Gasteiger charge is -2.20. The van der Waals surface area contributed by atoms with Crippen LogP contribution in [0.4, 0.5) is 0 Å². The SMILES string of the molecule is CCC(C)(CN)c1nc(CSC(C)C)no1. The van der Waals surface area contributed by atoms with Crippen LogP contribution in [0.3, 0.4) is 0 Å². The summed E-state index contributed by atoms with van der Waals surface area (Å²) < 4.78 is 5.29. The molecule has 5 heteroatoms. The Morgan fingerprint density at radius 3 is 2.69 bits per heavy atom. The second kappa shape index (κ2) is 5.68. The van der Waals surface area contributed by atoms with Crippen molar-refractivity contribution in [3.8, 4) is 0 Å². The first-order chi connectivity index (χ1) is 7.51. The molecule has 0 radical (unpaired) electrons. The maximum atomic E-state index is 5.75. The lowest BCUT2D eigenvalue weighted by Crippen LogP contribution is -2.31. The molecule has 4 nitrogen and oxygen atoms in total. The molecule has 2 N–H and O–H groups in total. The van der Waals surface area contributed by atoms with Crippen LogP contribution >= 0.6 is 11.8 Å². The van der Waals surface area contributed by atoms with Gasteiger partial charge in [-0.1, -0.05) is 25.9 Å². The molecule has 0 spiro atoms. The Hall–Kier alpha value is -0.550. The molecule has 92 valence electrons. The standard InChI is InChI=1S/C11H21N3OS/c1-5-11(4,7-12)10-13-9(14-15-10)6-16-8(2)3/h8H,5-7,12H2,1-4H3. The third-order valence-corrected chi connectivity index (χ3v) is 3.85. The Bertz CT molecular complexity index is 321. The van der Waals surface area contributed by atoms with Crippen LogP contribution in [0.2, 0.25) is 0 Å². The van der Waals surface area contributed by atoms with Crippen molar-refractivity contribution in [1.82, 2.24) is 10.1 Å². The van der Waals surface area contributed by atoms with Crippen molar-refractivity contribution in [1.29, 1.82) is 0 Å². The Morgan fingerprint density at radius 2 is 2.19 bits per heavy atom. The highest BCUT2D eigenvalue weighted by Crippen LogP contribution is 2.25. The maximum absolute atomic E-state index is 5.75. The Kier molecular flexibility index (Phi) is 4.80. The van der Waals surface area contributed by atoms with E-state index in [1.165, 1.54) is 0 Å². The molecule has 0 aliphatic carbocycles. The quantitative estimate of drug-likeness (QED) is 0.830. The smallest absolute Gasteiger partial charge is 0.233 e. The number of nitrogens with two attached hydrogens (primary N) is 1. The maximum Gasteiger partial charge on any atom is 0.233 e. The van der Waals surface area contributed by atoms with Crippen molar-refractivity contribution in [2.75, 3.05) is 6.54 Å². The predicted octanol–water partition coefficient (Wildman–Crippen LogP) is 2.34. The van der Waals surface area contributed by atoms with E-state index in [9.17, 15) is 0 Å². The zero-order chi connectivity index (χ0) is 12.2. The van der Waals surface area contributed by atoms with Gasteiger partial charge in [-0.2, -0.15) is 16.7 Å². The summed E-state index contributed by atoms with van der Waals surface area (Å²) >= 11 is 1.81. The number of rotatable bonds is 6. The summed E-state index contributed by atoms with van der Waals surface area (Å²) in [6, 6.07) is 0. The molecular formula is C11H21N3OS. The largest absolute Gasteiger partial charge is 0.339 e. The van der Waals surface area contributed by atoms with Gasteiger partial charge in [-0.3, -0.25) is 0 Å². The fourth-order valence-corrected chi connectivity index (χ4v) is 1.78. The number of hydrogen-bond donors (Lipinski definition) is 1. The van der Waals surface area contributed by atoms with Crippen LogP contribution < -0.4 is 5.73 Å². The minimum atomic E-state index is -0.187. The molecule has 1 atom stereocenters. The van der Waals surface area contributed by atoms with E-state index >= 15 is 0 Å². The molecule has 1 unspecified atom stereocenters. The number of hydrogen-bond acceptors (Lipinski definition) is 5. The van der Waals surface area contributed by atoms with E-state index in [-0.39, 0.29) is 5.41 Å². The van der Waals surface area contributed by atoms with E-state index in [1.54, 1.807) is 0 Å². The van der Waals surface area contributed by atoms with Gasteiger partial charge in [0.25, 0.3) is 0 Å². The minimum absolute atomic E-state index is 0.187. The van der Waals surface area contributed by atoms with Crippen LogP contribution in [0.25, 0.3) is 0 Å². The zero-order valence-electron chi connectivity index (χ0n) is 10.5. The molecule has 0 aromatic carbocycles. The van der Waals surface area contributed by atoms with Crippen molar-refractivity contribution in [2.24, 2.45) is 5.73 Å². The van der Waals surface area contributed by atoms with E-state index in [2.05, 4.69) is 37.8 Å². The van der Waals surface area contributed by atoms with E-state index in [0.29, 0.717) is 17.7 Å². The highest BCUT2D eigenvalue weighted by molar-refractivity contribution is 7.99. The van der Waals surface area contributed by atoms with Crippen molar-refractivity contribution < 1.29 is 4.52 Å². The van der Waals surface area contributed by atoms with Gasteiger partial charge in [0.15, 0.2) is 5.82 Å². The van der Waals surface area contributed by atoms with E-state index in [1.807, 2.05) is 11.8 Å². The monoisotopic (exact) mass is 243 g/mol. The molecular weight excluding hydrogens is 222 g/mol. The van der Waals surface area contributed by atoms with E-state index in [4.69, 9.17) is 10.3 Å². The fraction of sp³-hybridized carbons (Fsp3) is 0.818. The molecule has 0 bridgehead atoms.